The largest absolute Gasteiger partial charge is 0.192 e. The highest BCUT2D eigenvalue weighted by Gasteiger charge is 2.00. The third-order valence-electron chi connectivity index (χ3n) is 1.34. The molecule has 1 rings (SSSR count). The summed E-state index contributed by atoms with van der Waals surface area (Å²) in [6.07, 6.45) is 0. The Kier molecular flexibility index (Phi) is 2.30. The average Bonchev–Trinajstić information content (AvgIpc) is 2.04. The summed E-state index contributed by atoms with van der Waals surface area (Å²) in [5.41, 5.74) is 1.27. The van der Waals surface area contributed by atoms with Gasteiger partial charge in [-0.15, -0.1) is 0 Å². The third kappa shape index (κ3) is 1.60. The molecule has 0 fully saturated rings. The van der Waals surface area contributed by atoms with E-state index in [9.17, 15) is 0 Å². The summed E-state index contributed by atoms with van der Waals surface area (Å²) in [5, 5.41) is 9.02. The van der Waals surface area contributed by atoms with Crippen molar-refractivity contribution >= 4 is 16.6 Å². The monoisotopic (exact) mass is 163 g/mol. The van der Waals surface area contributed by atoms with Gasteiger partial charge in [0.05, 0.1) is 11.6 Å². The first-order valence-electron chi connectivity index (χ1n) is 3.09. The minimum atomic E-state index is 0.405. The molecule has 11 heavy (non-hydrogen) atoms. The number of rotatable bonds is 1. The van der Waals surface area contributed by atoms with Crippen LogP contribution in [0.5, 0.6) is 0 Å². The van der Waals surface area contributed by atoms with Crippen LogP contribution >= 0.6 is 11.6 Å². The minimum absolute atomic E-state index is 0.405. The molecule has 0 aliphatic rings. The quantitative estimate of drug-likeness (QED) is 0.625. The molecular formula is C9H6ClN. The molecule has 54 valence electrons. The second-order valence-electron chi connectivity index (χ2n) is 2.06. The summed E-state index contributed by atoms with van der Waals surface area (Å²) in [6.45, 7) is 3.55. The Labute approximate surface area is 70.5 Å². The Hall–Kier alpha value is -1.26. The molecule has 0 aliphatic heterocycles. The minimum Gasteiger partial charge on any atom is -0.192 e. The molecule has 0 aromatic heterocycles. The van der Waals surface area contributed by atoms with Crippen molar-refractivity contribution in [3.8, 4) is 6.07 Å². The van der Waals surface area contributed by atoms with Gasteiger partial charge in [-0.05, 0) is 6.07 Å². The molecule has 0 saturated carbocycles. The number of hydrogen-bond donors (Lipinski definition) is 0. The molecular weight excluding hydrogens is 158 g/mol. The lowest BCUT2D eigenvalue weighted by Crippen LogP contribution is -1.81. The molecule has 0 amide bonds. The maximum Gasteiger partial charge on any atom is 0.0998 e. The fourth-order valence-electron chi connectivity index (χ4n) is 0.817. The first kappa shape index (κ1) is 7.84. The van der Waals surface area contributed by atoms with E-state index >= 15 is 0 Å². The average molecular weight is 164 g/mol. The van der Waals surface area contributed by atoms with Gasteiger partial charge < -0.3 is 0 Å². The van der Waals surface area contributed by atoms with Crippen molar-refractivity contribution in [2.75, 3.05) is 0 Å². The van der Waals surface area contributed by atoms with Crippen molar-refractivity contribution < 1.29 is 0 Å². The molecule has 1 aromatic rings. The van der Waals surface area contributed by atoms with E-state index in [0.717, 1.165) is 0 Å². The zero-order valence-corrected chi connectivity index (χ0v) is 6.60. The van der Waals surface area contributed by atoms with Crippen molar-refractivity contribution in [2.24, 2.45) is 0 Å². The molecule has 0 bridgehead atoms. The van der Waals surface area contributed by atoms with Gasteiger partial charge in [-0.25, -0.2) is 0 Å². The van der Waals surface area contributed by atoms with Crippen LogP contribution in [0.15, 0.2) is 30.8 Å². The highest BCUT2D eigenvalue weighted by atomic mass is 35.5. The summed E-state index contributed by atoms with van der Waals surface area (Å²) >= 11 is 5.64. The van der Waals surface area contributed by atoms with Crippen LogP contribution in [0.4, 0.5) is 0 Å². The Bertz CT molecular complexity index is 323. The lowest BCUT2D eigenvalue weighted by Gasteiger charge is -1.97. The molecule has 0 atom stereocenters. The smallest absolute Gasteiger partial charge is 0.0998 e. The standard InChI is InChI=1S/C9H6ClN/c1-7(10)9-5-3-2-4-8(9)6-11/h2-5H,1H2. The predicted molar refractivity (Wildman–Crippen MR) is 46.0 cm³/mol. The van der Waals surface area contributed by atoms with E-state index in [-0.39, 0.29) is 0 Å². The van der Waals surface area contributed by atoms with Crippen LogP contribution in [0, 0.1) is 11.3 Å². The Balaban J connectivity index is 3.26. The fraction of sp³-hybridized carbons (Fsp3) is 0. The fourth-order valence-corrected chi connectivity index (χ4v) is 0.982. The van der Waals surface area contributed by atoms with Gasteiger partial charge in [-0.2, -0.15) is 5.26 Å². The second-order valence-corrected chi connectivity index (χ2v) is 2.52. The van der Waals surface area contributed by atoms with Crippen molar-refractivity contribution in [3.63, 3.8) is 0 Å². The van der Waals surface area contributed by atoms with Gasteiger partial charge in [0, 0.05) is 10.6 Å². The van der Waals surface area contributed by atoms with Crippen molar-refractivity contribution in [1.29, 1.82) is 5.26 Å². The van der Waals surface area contributed by atoms with Crippen LogP contribution in [0.2, 0.25) is 0 Å². The van der Waals surface area contributed by atoms with Gasteiger partial charge in [-0.3, -0.25) is 0 Å². The van der Waals surface area contributed by atoms with E-state index in [0.29, 0.717) is 16.2 Å². The molecule has 1 aromatic carbocycles. The van der Waals surface area contributed by atoms with Crippen LogP contribution in [-0.4, -0.2) is 0 Å². The Morgan fingerprint density at radius 1 is 1.45 bits per heavy atom. The van der Waals surface area contributed by atoms with Crippen molar-refractivity contribution in [2.45, 2.75) is 0 Å². The summed E-state index contributed by atoms with van der Waals surface area (Å²) in [5.74, 6) is 0. The second kappa shape index (κ2) is 3.23. The Morgan fingerprint density at radius 2 is 2.09 bits per heavy atom. The maximum atomic E-state index is 8.62. The van der Waals surface area contributed by atoms with Gasteiger partial charge >= 0.3 is 0 Å². The lowest BCUT2D eigenvalue weighted by molar-refractivity contribution is 1.47. The molecule has 2 heteroatoms. The molecule has 0 spiro atoms. The summed E-state index contributed by atoms with van der Waals surface area (Å²) in [4.78, 5) is 0. The van der Waals surface area contributed by atoms with Crippen LogP contribution in [0.1, 0.15) is 11.1 Å². The summed E-state index contributed by atoms with van der Waals surface area (Å²) in [6, 6.07) is 9.13. The third-order valence-corrected chi connectivity index (χ3v) is 1.54. The number of nitrogens with zero attached hydrogens (tertiary/aromatic N) is 1. The first-order chi connectivity index (χ1) is 5.25. The lowest BCUT2D eigenvalue weighted by atomic mass is 10.1. The van der Waals surface area contributed by atoms with Crippen LogP contribution < -0.4 is 0 Å². The normalized spacial score (nSPS) is 8.73. The van der Waals surface area contributed by atoms with E-state index in [1.54, 1.807) is 18.2 Å². The number of benzene rings is 1. The summed E-state index contributed by atoms with van der Waals surface area (Å²) in [7, 11) is 0. The van der Waals surface area contributed by atoms with Gasteiger partial charge in [-0.1, -0.05) is 36.4 Å². The number of halogens is 1. The Morgan fingerprint density at radius 3 is 2.55 bits per heavy atom. The zero-order chi connectivity index (χ0) is 8.27. The summed E-state index contributed by atoms with van der Waals surface area (Å²) < 4.78 is 0. The van der Waals surface area contributed by atoms with E-state index in [1.165, 1.54) is 0 Å². The van der Waals surface area contributed by atoms with E-state index < -0.39 is 0 Å². The van der Waals surface area contributed by atoms with Gasteiger partial charge in [0.25, 0.3) is 0 Å². The molecule has 0 saturated heterocycles. The number of hydrogen-bond acceptors (Lipinski definition) is 1. The molecule has 0 heterocycles. The molecule has 1 nitrogen and oxygen atoms in total. The molecule has 0 aliphatic carbocycles. The number of nitriles is 1. The highest BCUT2D eigenvalue weighted by Crippen LogP contribution is 2.19. The van der Waals surface area contributed by atoms with E-state index in [2.05, 4.69) is 6.58 Å². The van der Waals surface area contributed by atoms with Crippen molar-refractivity contribution in [3.05, 3.63) is 42.0 Å². The predicted octanol–water partition coefficient (Wildman–Crippen LogP) is 2.77. The SMILES string of the molecule is C=C(Cl)c1ccccc1C#N. The zero-order valence-electron chi connectivity index (χ0n) is 5.84. The van der Waals surface area contributed by atoms with Gasteiger partial charge in [0.15, 0.2) is 0 Å². The maximum absolute atomic E-state index is 8.62. The highest BCUT2D eigenvalue weighted by molar-refractivity contribution is 6.48. The van der Waals surface area contributed by atoms with Gasteiger partial charge in [0.1, 0.15) is 0 Å². The molecule has 0 radical (unpaired) electrons. The van der Waals surface area contributed by atoms with E-state index in [1.807, 2.05) is 12.1 Å². The molecule has 0 unspecified atom stereocenters. The van der Waals surface area contributed by atoms with E-state index in [4.69, 9.17) is 16.9 Å². The molecule has 0 N–H and O–H groups in total. The van der Waals surface area contributed by atoms with Crippen LogP contribution in [0.3, 0.4) is 0 Å². The van der Waals surface area contributed by atoms with Crippen molar-refractivity contribution in [1.82, 2.24) is 0 Å². The van der Waals surface area contributed by atoms with Gasteiger partial charge in [0.2, 0.25) is 0 Å². The van der Waals surface area contributed by atoms with Crippen LogP contribution in [0.25, 0.3) is 5.03 Å². The van der Waals surface area contributed by atoms with Crippen LogP contribution in [-0.2, 0) is 0 Å². The first-order valence-corrected chi connectivity index (χ1v) is 3.47. The topological polar surface area (TPSA) is 23.8 Å².